The lowest BCUT2D eigenvalue weighted by atomic mass is 10.00. The minimum atomic E-state index is -1.34. The molecule has 0 heterocycles. The molecule has 1 unspecified atom stereocenters. The first-order chi connectivity index (χ1) is 18.6. The predicted octanol–water partition coefficient (Wildman–Crippen LogP) is 4.43. The summed E-state index contributed by atoms with van der Waals surface area (Å²) in [4.78, 5) is 27.0. The van der Waals surface area contributed by atoms with Crippen molar-refractivity contribution in [2.75, 3.05) is 13.7 Å². The van der Waals surface area contributed by atoms with Gasteiger partial charge < -0.3 is 25.8 Å². The lowest BCUT2D eigenvalue weighted by Gasteiger charge is -2.32. The molecule has 2 aromatic carbocycles. The molecule has 4 N–H and O–H groups in total. The molecule has 2 aromatic rings. The van der Waals surface area contributed by atoms with Crippen molar-refractivity contribution in [1.29, 1.82) is 0 Å². The molecule has 39 heavy (non-hydrogen) atoms. The van der Waals surface area contributed by atoms with Gasteiger partial charge in [0.25, 0.3) is 0 Å². The van der Waals surface area contributed by atoms with Crippen LogP contribution in [0.3, 0.4) is 0 Å². The molecule has 0 fully saturated rings. The fourth-order valence-corrected chi connectivity index (χ4v) is 4.34. The van der Waals surface area contributed by atoms with Crippen LogP contribution in [-0.2, 0) is 28.9 Å². The Bertz CT molecular complexity index is 1050. The van der Waals surface area contributed by atoms with E-state index in [-0.39, 0.29) is 37.9 Å². The van der Waals surface area contributed by atoms with E-state index in [0.717, 1.165) is 49.3 Å². The molecule has 0 aliphatic heterocycles. The van der Waals surface area contributed by atoms with Crippen LogP contribution in [0.15, 0.2) is 42.5 Å². The van der Waals surface area contributed by atoms with Crippen LogP contribution in [-0.4, -0.2) is 60.0 Å². The Balaban J connectivity index is 2.30. The van der Waals surface area contributed by atoms with Gasteiger partial charge in [0.15, 0.2) is 0 Å². The summed E-state index contributed by atoms with van der Waals surface area (Å²) in [6.45, 7) is 3.74. The third-order valence-electron chi connectivity index (χ3n) is 6.52. The number of alkyl carbamates (subject to hydrolysis) is 1. The number of aryl methyl sites for hydroxylation is 1. The largest absolute Gasteiger partial charge is 0.453 e. The molecule has 0 aliphatic rings. The Hall–Kier alpha value is -3.11. The topological polar surface area (TPSA) is 105 Å². The highest BCUT2D eigenvalue weighted by Gasteiger charge is 2.31. The van der Waals surface area contributed by atoms with Gasteiger partial charge in [-0.2, -0.15) is 0 Å². The van der Waals surface area contributed by atoms with Crippen LogP contribution in [0.2, 0.25) is 0 Å². The van der Waals surface area contributed by atoms with Crippen molar-refractivity contribution < 1.29 is 32.6 Å². The number of aliphatic hydroxyl groups excluding tert-OH is 1. The van der Waals surface area contributed by atoms with Gasteiger partial charge in [-0.05, 0) is 48.1 Å². The summed E-state index contributed by atoms with van der Waals surface area (Å²) in [7, 11) is 1.15. The molecule has 0 bridgehead atoms. The highest BCUT2D eigenvalue weighted by atomic mass is 19.1. The third kappa shape index (κ3) is 10.9. The van der Waals surface area contributed by atoms with E-state index < -0.39 is 48.0 Å². The third-order valence-corrected chi connectivity index (χ3v) is 6.52. The minimum absolute atomic E-state index is 0.0450. The Morgan fingerprint density at radius 1 is 1.08 bits per heavy atom. The number of carbonyl (C=O) groups excluding carboxylic acids is 2. The molecule has 0 saturated heterocycles. The lowest BCUT2D eigenvalue weighted by Crippen LogP contribution is -2.53. The van der Waals surface area contributed by atoms with E-state index in [1.807, 2.05) is 38.1 Å². The van der Waals surface area contributed by atoms with E-state index in [0.29, 0.717) is 6.42 Å². The maximum atomic E-state index is 14.7. The number of nitrogens with zero attached hydrogens (tertiary/aromatic N) is 1. The number of hydrogen-bond donors (Lipinski definition) is 3. The van der Waals surface area contributed by atoms with Crippen LogP contribution in [0.25, 0.3) is 0 Å². The minimum Gasteiger partial charge on any atom is -0.453 e. The van der Waals surface area contributed by atoms with Crippen molar-refractivity contribution >= 4 is 12.0 Å². The van der Waals surface area contributed by atoms with E-state index in [1.165, 1.54) is 4.90 Å². The summed E-state index contributed by atoms with van der Waals surface area (Å²) in [5, 5.41) is 13.4. The molecule has 216 valence electrons. The van der Waals surface area contributed by atoms with Gasteiger partial charge >= 0.3 is 6.09 Å². The van der Waals surface area contributed by atoms with Gasteiger partial charge in [0.2, 0.25) is 5.91 Å². The fraction of sp³-hybridized carbons (Fsp3) is 0.517. The number of nitrogens with one attached hydrogen (secondary N) is 1. The number of hydrogen-bond acceptors (Lipinski definition) is 5. The van der Waals surface area contributed by atoms with E-state index in [4.69, 9.17) is 5.73 Å². The number of alkyl halides is 1. The molecule has 0 aliphatic carbocycles. The zero-order chi connectivity index (χ0) is 28.9. The highest BCUT2D eigenvalue weighted by molar-refractivity contribution is 5.85. The standard InChI is InChI=1S/C29H40F3N3O4/c1-4-6-10-22(30)16-26(34-29(38)39-3)28(37)35(17-20-9-7-8-19(5-2)11-20)18-27(36)25(33)14-21-12-23(31)15-24(32)13-21/h7-9,11-13,15,22,25-27,36H,4-6,10,14,16-18,33H2,1-3H3,(H,34,38)/t22?,25-,26+,27+/m0/s1. The highest BCUT2D eigenvalue weighted by Crippen LogP contribution is 2.17. The number of unbranched alkanes of at least 4 members (excludes halogenated alkanes) is 1. The first kappa shape index (κ1) is 32.1. The smallest absolute Gasteiger partial charge is 0.407 e. The number of carbonyl (C=O) groups is 2. The number of nitrogens with two attached hydrogens (primary N) is 1. The monoisotopic (exact) mass is 551 g/mol. The lowest BCUT2D eigenvalue weighted by molar-refractivity contribution is -0.136. The fourth-order valence-electron chi connectivity index (χ4n) is 4.34. The average molecular weight is 552 g/mol. The van der Waals surface area contributed by atoms with Gasteiger partial charge in [-0.1, -0.05) is 51.0 Å². The SMILES string of the molecule is CCCCC(F)C[C@@H](NC(=O)OC)C(=O)N(Cc1cccc(CC)c1)C[C@@H](O)[C@@H](N)Cc1cc(F)cc(F)c1. The Morgan fingerprint density at radius 2 is 1.74 bits per heavy atom. The van der Waals surface area contributed by atoms with Gasteiger partial charge in [0, 0.05) is 31.6 Å². The first-order valence-corrected chi connectivity index (χ1v) is 13.3. The van der Waals surface area contributed by atoms with Crippen LogP contribution in [0.4, 0.5) is 18.0 Å². The molecule has 4 atom stereocenters. The van der Waals surface area contributed by atoms with E-state index in [2.05, 4.69) is 10.1 Å². The van der Waals surface area contributed by atoms with Gasteiger partial charge in [-0.15, -0.1) is 0 Å². The van der Waals surface area contributed by atoms with Crippen LogP contribution in [0.5, 0.6) is 0 Å². The van der Waals surface area contributed by atoms with Crippen LogP contribution < -0.4 is 11.1 Å². The normalized spacial score (nSPS) is 14.3. The number of ether oxygens (including phenoxy) is 1. The van der Waals surface area contributed by atoms with Gasteiger partial charge in [0.05, 0.1) is 13.2 Å². The predicted molar refractivity (Wildman–Crippen MR) is 144 cm³/mol. The number of halogens is 3. The summed E-state index contributed by atoms with van der Waals surface area (Å²) in [5.41, 5.74) is 8.24. The number of rotatable bonds is 15. The van der Waals surface area contributed by atoms with Gasteiger partial charge in [-0.25, -0.2) is 18.0 Å². The zero-order valence-electron chi connectivity index (χ0n) is 22.8. The Labute approximate surface area is 228 Å². The van der Waals surface area contributed by atoms with E-state index in [9.17, 15) is 27.9 Å². The maximum Gasteiger partial charge on any atom is 0.407 e. The quantitative estimate of drug-likeness (QED) is 0.304. The molecule has 2 amide bonds. The molecule has 0 spiro atoms. The van der Waals surface area contributed by atoms with Gasteiger partial charge in [0.1, 0.15) is 23.8 Å². The second kappa shape index (κ2) is 16.1. The molecule has 2 rings (SSSR count). The summed E-state index contributed by atoms with van der Waals surface area (Å²) in [5.74, 6) is -2.13. The van der Waals surface area contributed by atoms with Crippen LogP contribution >= 0.6 is 0 Å². The molecule has 10 heteroatoms. The number of benzene rings is 2. The van der Waals surface area contributed by atoms with Crippen molar-refractivity contribution in [3.8, 4) is 0 Å². The van der Waals surface area contributed by atoms with Crippen molar-refractivity contribution in [1.82, 2.24) is 10.2 Å². The van der Waals surface area contributed by atoms with Crippen LogP contribution in [0, 0.1) is 11.6 Å². The second-order valence-corrected chi connectivity index (χ2v) is 9.77. The maximum absolute atomic E-state index is 14.7. The Morgan fingerprint density at radius 3 is 2.36 bits per heavy atom. The summed E-state index contributed by atoms with van der Waals surface area (Å²) in [6, 6.07) is 8.34. The summed E-state index contributed by atoms with van der Waals surface area (Å²) < 4.78 is 46.7. The van der Waals surface area contributed by atoms with Crippen LogP contribution in [0.1, 0.15) is 56.2 Å². The molecule has 0 saturated carbocycles. The van der Waals surface area contributed by atoms with Crippen molar-refractivity contribution in [3.05, 3.63) is 70.8 Å². The van der Waals surface area contributed by atoms with E-state index >= 15 is 0 Å². The first-order valence-electron chi connectivity index (χ1n) is 13.3. The number of amides is 2. The van der Waals surface area contributed by atoms with Crippen molar-refractivity contribution in [3.63, 3.8) is 0 Å². The molecular weight excluding hydrogens is 511 g/mol. The van der Waals surface area contributed by atoms with Gasteiger partial charge in [-0.3, -0.25) is 4.79 Å². The molecule has 0 radical (unpaired) electrons. The number of methoxy groups -OCH3 is 1. The van der Waals surface area contributed by atoms with E-state index in [1.54, 1.807) is 0 Å². The second-order valence-electron chi connectivity index (χ2n) is 9.77. The molecule has 0 aromatic heterocycles. The van der Waals surface area contributed by atoms with Crippen molar-refractivity contribution in [2.45, 2.75) is 83.3 Å². The van der Waals surface area contributed by atoms with Crippen molar-refractivity contribution in [2.24, 2.45) is 5.73 Å². The summed E-state index contributed by atoms with van der Waals surface area (Å²) >= 11 is 0. The average Bonchev–Trinajstić information content (AvgIpc) is 2.90. The number of aliphatic hydroxyl groups is 1. The molecule has 7 nitrogen and oxygen atoms in total. The Kier molecular flexibility index (Phi) is 13.3. The summed E-state index contributed by atoms with van der Waals surface area (Å²) in [6.07, 6.45) is -1.39. The zero-order valence-corrected chi connectivity index (χ0v) is 22.8. The molecular formula is C29H40F3N3O4.